The van der Waals surface area contributed by atoms with E-state index < -0.39 is 0 Å². The lowest BCUT2D eigenvalue weighted by molar-refractivity contribution is 0.00724. The van der Waals surface area contributed by atoms with Gasteiger partial charge < -0.3 is 14.8 Å². The molecule has 0 spiro atoms. The summed E-state index contributed by atoms with van der Waals surface area (Å²) in [5.74, 6) is 0. The van der Waals surface area contributed by atoms with E-state index in [4.69, 9.17) is 9.47 Å². The maximum Gasteiger partial charge on any atom is 0.0780 e. The predicted octanol–water partition coefficient (Wildman–Crippen LogP) is 1.82. The van der Waals surface area contributed by atoms with Crippen LogP contribution in [0.25, 0.3) is 0 Å². The molecule has 3 nitrogen and oxygen atoms in total. The highest BCUT2D eigenvalue weighted by atomic mass is 16.5. The molecule has 0 rings (SSSR count). The van der Waals surface area contributed by atoms with Gasteiger partial charge in [0.25, 0.3) is 0 Å². The molecule has 0 amide bonds. The second-order valence-electron chi connectivity index (χ2n) is 3.74. The fourth-order valence-electron chi connectivity index (χ4n) is 1.41. The molecule has 0 saturated heterocycles. The minimum absolute atomic E-state index is 0.217. The van der Waals surface area contributed by atoms with Gasteiger partial charge in [0.15, 0.2) is 0 Å². The standard InChI is InChI=1S/C11H25NO2/c1-5-12-10(2)7-6-8-14-11(3)9-13-4/h10-12H,5-9H2,1-4H3. The van der Waals surface area contributed by atoms with E-state index in [1.165, 1.54) is 6.42 Å². The summed E-state index contributed by atoms with van der Waals surface area (Å²) < 4.78 is 10.5. The third-order valence-electron chi connectivity index (χ3n) is 2.14. The molecular formula is C11H25NO2. The van der Waals surface area contributed by atoms with E-state index >= 15 is 0 Å². The van der Waals surface area contributed by atoms with Gasteiger partial charge in [0.1, 0.15) is 0 Å². The van der Waals surface area contributed by atoms with Crippen molar-refractivity contribution in [3.05, 3.63) is 0 Å². The Balaban J connectivity index is 3.19. The molecule has 0 aromatic rings. The van der Waals surface area contributed by atoms with Crippen LogP contribution < -0.4 is 5.32 Å². The fourth-order valence-corrected chi connectivity index (χ4v) is 1.41. The molecule has 0 fully saturated rings. The highest BCUT2D eigenvalue weighted by Gasteiger charge is 2.02. The molecule has 2 unspecified atom stereocenters. The summed E-state index contributed by atoms with van der Waals surface area (Å²) in [5, 5.41) is 3.38. The van der Waals surface area contributed by atoms with Crippen LogP contribution in [0.4, 0.5) is 0 Å². The molecule has 14 heavy (non-hydrogen) atoms. The second kappa shape index (κ2) is 9.44. The third-order valence-corrected chi connectivity index (χ3v) is 2.14. The summed E-state index contributed by atoms with van der Waals surface area (Å²) in [5.41, 5.74) is 0. The number of hydrogen-bond acceptors (Lipinski definition) is 3. The average Bonchev–Trinajstić information content (AvgIpc) is 2.13. The van der Waals surface area contributed by atoms with Gasteiger partial charge in [-0.1, -0.05) is 6.92 Å². The van der Waals surface area contributed by atoms with Crippen molar-refractivity contribution in [3.63, 3.8) is 0 Å². The van der Waals surface area contributed by atoms with E-state index in [0.717, 1.165) is 19.6 Å². The number of hydrogen-bond donors (Lipinski definition) is 1. The van der Waals surface area contributed by atoms with Crippen molar-refractivity contribution in [3.8, 4) is 0 Å². The van der Waals surface area contributed by atoms with E-state index in [2.05, 4.69) is 19.2 Å². The fraction of sp³-hybridized carbons (Fsp3) is 1.00. The first kappa shape index (κ1) is 13.9. The summed E-state index contributed by atoms with van der Waals surface area (Å²) in [6.07, 6.45) is 2.50. The van der Waals surface area contributed by atoms with E-state index in [0.29, 0.717) is 12.6 Å². The van der Waals surface area contributed by atoms with Crippen LogP contribution in [-0.2, 0) is 9.47 Å². The van der Waals surface area contributed by atoms with Crippen LogP contribution in [0.15, 0.2) is 0 Å². The first-order valence-electron chi connectivity index (χ1n) is 5.54. The topological polar surface area (TPSA) is 30.5 Å². The van der Waals surface area contributed by atoms with Gasteiger partial charge in [0, 0.05) is 19.8 Å². The second-order valence-corrected chi connectivity index (χ2v) is 3.74. The van der Waals surface area contributed by atoms with E-state index in [1.54, 1.807) is 7.11 Å². The van der Waals surface area contributed by atoms with Crippen LogP contribution in [0.1, 0.15) is 33.6 Å². The highest BCUT2D eigenvalue weighted by Crippen LogP contribution is 1.99. The largest absolute Gasteiger partial charge is 0.382 e. The van der Waals surface area contributed by atoms with Crippen LogP contribution in [0.5, 0.6) is 0 Å². The van der Waals surface area contributed by atoms with Crippen LogP contribution in [0, 0.1) is 0 Å². The lowest BCUT2D eigenvalue weighted by Crippen LogP contribution is -2.26. The van der Waals surface area contributed by atoms with Crippen LogP contribution in [0.3, 0.4) is 0 Å². The quantitative estimate of drug-likeness (QED) is 0.580. The zero-order valence-electron chi connectivity index (χ0n) is 10.0. The molecule has 86 valence electrons. The van der Waals surface area contributed by atoms with E-state index in [1.807, 2.05) is 6.92 Å². The number of rotatable bonds is 9. The summed E-state index contributed by atoms with van der Waals surface area (Å²) in [4.78, 5) is 0. The van der Waals surface area contributed by atoms with Crippen molar-refractivity contribution < 1.29 is 9.47 Å². The first-order valence-corrected chi connectivity index (χ1v) is 5.54. The van der Waals surface area contributed by atoms with Gasteiger partial charge in [-0.2, -0.15) is 0 Å². The van der Waals surface area contributed by atoms with Gasteiger partial charge in [-0.3, -0.25) is 0 Å². The average molecular weight is 203 g/mol. The first-order chi connectivity index (χ1) is 6.70. The molecule has 0 aliphatic heterocycles. The molecule has 3 heteroatoms. The summed E-state index contributed by atoms with van der Waals surface area (Å²) in [6.45, 7) is 8.94. The molecule has 0 aliphatic rings. The Kier molecular flexibility index (Phi) is 9.35. The summed E-state index contributed by atoms with van der Waals surface area (Å²) in [6, 6.07) is 0.598. The molecule has 2 atom stereocenters. The third kappa shape index (κ3) is 8.48. The number of ether oxygens (including phenoxy) is 2. The molecular weight excluding hydrogens is 178 g/mol. The van der Waals surface area contributed by atoms with Gasteiger partial charge in [0.05, 0.1) is 12.7 Å². The Morgan fingerprint density at radius 3 is 2.57 bits per heavy atom. The molecule has 0 bridgehead atoms. The minimum atomic E-state index is 0.217. The van der Waals surface area contributed by atoms with Crippen molar-refractivity contribution in [2.75, 3.05) is 26.9 Å². The van der Waals surface area contributed by atoms with Crippen molar-refractivity contribution in [1.29, 1.82) is 0 Å². The monoisotopic (exact) mass is 203 g/mol. The zero-order valence-corrected chi connectivity index (χ0v) is 10.0. The Morgan fingerprint density at radius 2 is 2.00 bits per heavy atom. The molecule has 0 aromatic carbocycles. The van der Waals surface area contributed by atoms with Crippen molar-refractivity contribution in [2.45, 2.75) is 45.8 Å². The van der Waals surface area contributed by atoms with E-state index in [-0.39, 0.29) is 6.10 Å². The van der Waals surface area contributed by atoms with Gasteiger partial charge in [-0.15, -0.1) is 0 Å². The van der Waals surface area contributed by atoms with E-state index in [9.17, 15) is 0 Å². The maximum atomic E-state index is 5.56. The summed E-state index contributed by atoms with van der Waals surface area (Å²) in [7, 11) is 1.70. The number of methoxy groups -OCH3 is 1. The van der Waals surface area contributed by atoms with Crippen molar-refractivity contribution in [1.82, 2.24) is 5.32 Å². The number of nitrogens with one attached hydrogen (secondary N) is 1. The molecule has 0 saturated carbocycles. The maximum absolute atomic E-state index is 5.56. The predicted molar refractivity (Wildman–Crippen MR) is 59.7 cm³/mol. The van der Waals surface area contributed by atoms with Gasteiger partial charge >= 0.3 is 0 Å². The molecule has 0 heterocycles. The Morgan fingerprint density at radius 1 is 1.29 bits per heavy atom. The Hall–Kier alpha value is -0.120. The lowest BCUT2D eigenvalue weighted by Gasteiger charge is -2.14. The van der Waals surface area contributed by atoms with Gasteiger partial charge in [-0.25, -0.2) is 0 Å². The van der Waals surface area contributed by atoms with Crippen molar-refractivity contribution in [2.24, 2.45) is 0 Å². The lowest BCUT2D eigenvalue weighted by atomic mass is 10.2. The molecule has 0 aliphatic carbocycles. The SMILES string of the molecule is CCNC(C)CCCOC(C)COC. The van der Waals surface area contributed by atoms with Gasteiger partial charge in [0.2, 0.25) is 0 Å². The highest BCUT2D eigenvalue weighted by molar-refractivity contribution is 4.58. The Labute approximate surface area is 88.2 Å². The summed E-state index contributed by atoms with van der Waals surface area (Å²) >= 11 is 0. The smallest absolute Gasteiger partial charge is 0.0780 e. The minimum Gasteiger partial charge on any atom is -0.382 e. The van der Waals surface area contributed by atoms with Crippen LogP contribution >= 0.6 is 0 Å². The zero-order chi connectivity index (χ0) is 10.8. The van der Waals surface area contributed by atoms with Crippen molar-refractivity contribution >= 4 is 0 Å². The van der Waals surface area contributed by atoms with Crippen LogP contribution in [0.2, 0.25) is 0 Å². The molecule has 1 N–H and O–H groups in total. The normalized spacial score (nSPS) is 15.4. The van der Waals surface area contributed by atoms with Gasteiger partial charge in [-0.05, 0) is 33.2 Å². The Bertz CT molecular complexity index is 106. The molecule has 0 aromatic heterocycles. The molecule has 0 radical (unpaired) electrons. The van der Waals surface area contributed by atoms with Crippen LogP contribution in [-0.4, -0.2) is 39.0 Å².